The summed E-state index contributed by atoms with van der Waals surface area (Å²) in [4.78, 5) is 17.6. The van der Waals surface area contributed by atoms with E-state index in [9.17, 15) is 4.79 Å². The molecule has 170 valence electrons. The van der Waals surface area contributed by atoms with Crippen molar-refractivity contribution in [1.82, 2.24) is 9.80 Å². The second-order valence-corrected chi connectivity index (χ2v) is 6.86. The topological polar surface area (TPSA) is 78.9 Å². The van der Waals surface area contributed by atoms with Crippen molar-refractivity contribution in [3.05, 3.63) is 18.2 Å². The van der Waals surface area contributed by atoms with Crippen LogP contribution in [0.4, 0.5) is 0 Å². The van der Waals surface area contributed by atoms with E-state index < -0.39 is 6.04 Å². The molecule has 0 radical (unpaired) electrons. The zero-order chi connectivity index (χ0) is 21.8. The molecule has 2 rings (SSSR count). The van der Waals surface area contributed by atoms with Gasteiger partial charge >= 0.3 is 5.97 Å². The number of hydrogen-bond acceptors (Lipinski definition) is 9. The SMILES string of the molecule is COCCN(CCOC)C(CN1CCOCC1)C(=O)Oc1c(OC)cccc1OC. The third kappa shape index (κ3) is 7.10. The zero-order valence-corrected chi connectivity index (χ0v) is 18.4. The Morgan fingerprint density at radius 3 is 2.10 bits per heavy atom. The molecule has 1 aliphatic rings. The fourth-order valence-corrected chi connectivity index (χ4v) is 3.29. The van der Waals surface area contributed by atoms with Gasteiger partial charge in [-0.2, -0.15) is 0 Å². The van der Waals surface area contributed by atoms with Crippen molar-refractivity contribution >= 4 is 5.97 Å². The molecular weight excluding hydrogens is 392 g/mol. The lowest BCUT2D eigenvalue weighted by Crippen LogP contribution is -2.53. The summed E-state index contributed by atoms with van der Waals surface area (Å²) in [5, 5.41) is 0. The van der Waals surface area contributed by atoms with Gasteiger partial charge in [0.2, 0.25) is 5.75 Å². The molecule has 0 saturated carbocycles. The van der Waals surface area contributed by atoms with Crippen molar-refractivity contribution < 1.29 is 33.2 Å². The molecule has 1 aromatic carbocycles. The van der Waals surface area contributed by atoms with Crippen molar-refractivity contribution in [1.29, 1.82) is 0 Å². The molecule has 30 heavy (non-hydrogen) atoms. The van der Waals surface area contributed by atoms with Gasteiger partial charge in [-0.25, -0.2) is 4.79 Å². The van der Waals surface area contributed by atoms with E-state index in [1.807, 2.05) is 4.90 Å². The molecule has 0 aliphatic carbocycles. The van der Waals surface area contributed by atoms with Crippen LogP contribution in [0.25, 0.3) is 0 Å². The van der Waals surface area contributed by atoms with E-state index in [0.29, 0.717) is 57.6 Å². The first-order valence-corrected chi connectivity index (χ1v) is 10.1. The number of rotatable bonds is 13. The lowest BCUT2D eigenvalue weighted by molar-refractivity contribution is -0.142. The molecule has 1 atom stereocenters. The molecular formula is C21H34N2O7. The van der Waals surface area contributed by atoms with E-state index in [2.05, 4.69) is 4.90 Å². The van der Waals surface area contributed by atoms with Crippen LogP contribution in [0, 0.1) is 0 Å². The normalized spacial score (nSPS) is 15.8. The molecule has 0 bridgehead atoms. The van der Waals surface area contributed by atoms with E-state index in [4.69, 9.17) is 28.4 Å². The van der Waals surface area contributed by atoms with E-state index in [0.717, 1.165) is 13.1 Å². The Labute approximate surface area is 178 Å². The first-order valence-electron chi connectivity index (χ1n) is 10.1. The minimum Gasteiger partial charge on any atom is -0.493 e. The standard InChI is InChI=1S/C21H34N2O7/c1-25-12-10-23(11-13-26-2)17(16-22-8-14-29-15-9-22)21(24)30-20-18(27-3)6-5-7-19(20)28-4/h5-7,17H,8-16H2,1-4H3. The molecule has 9 heteroatoms. The maximum Gasteiger partial charge on any atom is 0.330 e. The Bertz CT molecular complexity index is 608. The van der Waals surface area contributed by atoms with Crippen molar-refractivity contribution in [2.24, 2.45) is 0 Å². The van der Waals surface area contributed by atoms with E-state index in [1.165, 1.54) is 14.2 Å². The molecule has 1 heterocycles. The molecule has 0 aromatic heterocycles. The highest BCUT2D eigenvalue weighted by molar-refractivity contribution is 5.80. The first-order chi connectivity index (χ1) is 14.6. The monoisotopic (exact) mass is 426 g/mol. The van der Waals surface area contributed by atoms with E-state index in [1.54, 1.807) is 32.4 Å². The molecule has 1 unspecified atom stereocenters. The maximum atomic E-state index is 13.4. The minimum absolute atomic E-state index is 0.276. The molecule has 0 spiro atoms. The van der Waals surface area contributed by atoms with Gasteiger partial charge < -0.3 is 28.4 Å². The average Bonchev–Trinajstić information content (AvgIpc) is 2.78. The van der Waals surface area contributed by atoms with E-state index in [-0.39, 0.29) is 11.7 Å². The van der Waals surface area contributed by atoms with Crippen molar-refractivity contribution in [2.45, 2.75) is 6.04 Å². The number of morpholine rings is 1. The number of carbonyl (C=O) groups excluding carboxylic acids is 1. The molecule has 0 N–H and O–H groups in total. The number of methoxy groups -OCH3 is 4. The summed E-state index contributed by atoms with van der Waals surface area (Å²) in [5.74, 6) is 0.774. The quantitative estimate of drug-likeness (QED) is 0.338. The third-order valence-electron chi connectivity index (χ3n) is 5.00. The predicted octanol–water partition coefficient (Wildman–Crippen LogP) is 0.905. The predicted molar refractivity (Wildman–Crippen MR) is 112 cm³/mol. The van der Waals surface area contributed by atoms with Crippen LogP contribution in [0.1, 0.15) is 0 Å². The second kappa shape index (κ2) is 13.4. The first kappa shape index (κ1) is 24.4. The van der Waals surface area contributed by atoms with Gasteiger partial charge in [0.1, 0.15) is 6.04 Å². The molecule has 9 nitrogen and oxygen atoms in total. The van der Waals surface area contributed by atoms with Gasteiger partial charge in [-0.15, -0.1) is 0 Å². The van der Waals surface area contributed by atoms with Crippen molar-refractivity contribution in [3.8, 4) is 17.2 Å². The zero-order valence-electron chi connectivity index (χ0n) is 18.4. The highest BCUT2D eigenvalue weighted by Crippen LogP contribution is 2.37. The Morgan fingerprint density at radius 2 is 1.60 bits per heavy atom. The Kier molecular flexibility index (Phi) is 10.9. The van der Waals surface area contributed by atoms with Crippen LogP contribution in [-0.2, 0) is 19.0 Å². The summed E-state index contributed by atoms with van der Waals surface area (Å²) in [7, 11) is 6.34. The molecule has 0 amide bonds. The summed E-state index contributed by atoms with van der Waals surface area (Å²) >= 11 is 0. The Balaban J connectivity index is 2.25. The third-order valence-corrected chi connectivity index (χ3v) is 5.00. The highest BCUT2D eigenvalue weighted by atomic mass is 16.6. The fourth-order valence-electron chi connectivity index (χ4n) is 3.29. The number of para-hydroxylation sites is 1. The van der Waals surface area contributed by atoms with Crippen LogP contribution >= 0.6 is 0 Å². The number of nitrogens with zero attached hydrogens (tertiary/aromatic N) is 2. The summed E-state index contributed by atoms with van der Waals surface area (Å²) in [6.07, 6.45) is 0. The van der Waals surface area contributed by atoms with Crippen molar-refractivity contribution in [2.75, 3.05) is 87.6 Å². The van der Waals surface area contributed by atoms with Crippen LogP contribution in [0.5, 0.6) is 17.2 Å². The molecule has 1 fully saturated rings. The van der Waals surface area contributed by atoms with Crippen molar-refractivity contribution in [3.63, 3.8) is 0 Å². The van der Waals surface area contributed by atoms with Gasteiger partial charge in [0.15, 0.2) is 11.5 Å². The number of carbonyl (C=O) groups is 1. The smallest absolute Gasteiger partial charge is 0.330 e. The summed E-state index contributed by atoms with van der Waals surface area (Å²) in [6, 6.07) is 4.73. The highest BCUT2D eigenvalue weighted by Gasteiger charge is 2.31. The number of benzene rings is 1. The summed E-state index contributed by atoms with van der Waals surface area (Å²) in [6.45, 7) is 5.50. The van der Waals surface area contributed by atoms with Crippen LogP contribution in [-0.4, -0.2) is 109 Å². The van der Waals surface area contributed by atoms with Crippen LogP contribution < -0.4 is 14.2 Å². The second-order valence-electron chi connectivity index (χ2n) is 6.86. The number of esters is 1. The fraction of sp³-hybridized carbons (Fsp3) is 0.667. The number of ether oxygens (including phenoxy) is 6. The molecule has 1 aliphatic heterocycles. The Hall–Kier alpha value is -1.91. The van der Waals surface area contributed by atoms with E-state index >= 15 is 0 Å². The number of hydrogen-bond donors (Lipinski definition) is 0. The maximum absolute atomic E-state index is 13.4. The molecule has 1 aromatic rings. The lowest BCUT2D eigenvalue weighted by Gasteiger charge is -2.35. The van der Waals surface area contributed by atoms with Crippen LogP contribution in [0.2, 0.25) is 0 Å². The van der Waals surface area contributed by atoms with Gasteiger partial charge in [0, 0.05) is 46.9 Å². The largest absolute Gasteiger partial charge is 0.493 e. The van der Waals surface area contributed by atoms with Gasteiger partial charge in [-0.3, -0.25) is 9.80 Å². The summed E-state index contributed by atoms with van der Waals surface area (Å²) < 4.78 is 32.5. The van der Waals surface area contributed by atoms with Gasteiger partial charge in [0.25, 0.3) is 0 Å². The van der Waals surface area contributed by atoms with Gasteiger partial charge in [-0.05, 0) is 12.1 Å². The average molecular weight is 427 g/mol. The van der Waals surface area contributed by atoms with Gasteiger partial charge in [0.05, 0.1) is 40.6 Å². The molecule has 1 saturated heterocycles. The minimum atomic E-state index is -0.511. The van der Waals surface area contributed by atoms with Gasteiger partial charge in [-0.1, -0.05) is 6.07 Å². The Morgan fingerprint density at radius 1 is 1.03 bits per heavy atom. The summed E-state index contributed by atoms with van der Waals surface area (Å²) in [5.41, 5.74) is 0. The van der Waals surface area contributed by atoms with Crippen LogP contribution in [0.15, 0.2) is 18.2 Å². The lowest BCUT2D eigenvalue weighted by atomic mass is 10.2. The van der Waals surface area contributed by atoms with Crippen LogP contribution in [0.3, 0.4) is 0 Å².